The molecular weight excluding hydrogens is 338 g/mol. The Bertz CT molecular complexity index is 879. The number of sulfonamides is 1. The summed E-state index contributed by atoms with van der Waals surface area (Å²) in [5, 5.41) is 8.32. The molecule has 0 bridgehead atoms. The molecule has 2 aliphatic rings. The molecule has 1 aromatic heterocycles. The maximum Gasteiger partial charge on any atom is 0.243 e. The molecule has 2 aromatic rings. The van der Waals surface area contributed by atoms with Crippen molar-refractivity contribution in [2.75, 3.05) is 13.1 Å². The molecule has 1 aliphatic heterocycles. The third-order valence-corrected chi connectivity index (χ3v) is 7.20. The van der Waals surface area contributed by atoms with Gasteiger partial charge in [-0.25, -0.2) is 8.42 Å². The van der Waals surface area contributed by atoms with Crippen molar-refractivity contribution in [2.45, 2.75) is 56.3 Å². The van der Waals surface area contributed by atoms with Crippen LogP contribution in [0.4, 0.5) is 0 Å². The highest BCUT2D eigenvalue weighted by atomic mass is 32.2. The van der Waals surface area contributed by atoms with Gasteiger partial charge in [-0.05, 0) is 62.8 Å². The van der Waals surface area contributed by atoms with E-state index in [0.29, 0.717) is 29.8 Å². The van der Waals surface area contributed by atoms with Crippen molar-refractivity contribution >= 4 is 10.0 Å². The van der Waals surface area contributed by atoms with Crippen LogP contribution in [-0.4, -0.2) is 36.0 Å². The standard InChI is InChI=1S/C18H23N3O3S/c1-12-3-6-16(11-13(12)2)25(22,23)21-9-7-15(8-10-21)18-20-19-17(24-18)14-4-5-14/h3,6,11,14-15H,4-5,7-10H2,1-2H3. The Morgan fingerprint density at radius 3 is 2.12 bits per heavy atom. The molecular formula is C18H23N3O3S. The zero-order valence-electron chi connectivity index (χ0n) is 14.6. The van der Waals surface area contributed by atoms with E-state index < -0.39 is 10.0 Å². The highest BCUT2D eigenvalue weighted by molar-refractivity contribution is 7.89. The molecule has 1 saturated carbocycles. The number of hydrogen-bond donors (Lipinski definition) is 0. The Balaban J connectivity index is 1.45. The largest absolute Gasteiger partial charge is 0.425 e. The molecule has 4 rings (SSSR count). The van der Waals surface area contributed by atoms with Crippen molar-refractivity contribution in [3.8, 4) is 0 Å². The summed E-state index contributed by atoms with van der Waals surface area (Å²) < 4.78 is 33.1. The van der Waals surface area contributed by atoms with Crippen molar-refractivity contribution in [1.82, 2.24) is 14.5 Å². The highest BCUT2D eigenvalue weighted by Crippen LogP contribution is 2.40. The van der Waals surface area contributed by atoms with Crippen LogP contribution in [0.5, 0.6) is 0 Å². The molecule has 0 N–H and O–H groups in total. The minimum absolute atomic E-state index is 0.159. The van der Waals surface area contributed by atoms with E-state index in [4.69, 9.17) is 4.42 Å². The Labute approximate surface area is 148 Å². The van der Waals surface area contributed by atoms with Crippen molar-refractivity contribution < 1.29 is 12.8 Å². The molecule has 2 fully saturated rings. The third kappa shape index (κ3) is 3.22. The van der Waals surface area contributed by atoms with E-state index >= 15 is 0 Å². The van der Waals surface area contributed by atoms with Crippen LogP contribution in [0.2, 0.25) is 0 Å². The molecule has 1 aromatic carbocycles. The molecule has 0 spiro atoms. The monoisotopic (exact) mass is 361 g/mol. The predicted molar refractivity (Wildman–Crippen MR) is 92.9 cm³/mol. The lowest BCUT2D eigenvalue weighted by Gasteiger charge is -2.29. The fourth-order valence-electron chi connectivity index (χ4n) is 3.27. The molecule has 2 heterocycles. The quantitative estimate of drug-likeness (QED) is 0.836. The SMILES string of the molecule is Cc1ccc(S(=O)(=O)N2CCC(c3nnc(C4CC4)o3)CC2)cc1C. The van der Waals surface area contributed by atoms with Crippen molar-refractivity contribution in [1.29, 1.82) is 0 Å². The summed E-state index contributed by atoms with van der Waals surface area (Å²) in [6.45, 7) is 4.90. The maximum atomic E-state index is 12.9. The van der Waals surface area contributed by atoms with E-state index in [1.807, 2.05) is 19.9 Å². The number of aromatic nitrogens is 2. The zero-order chi connectivity index (χ0) is 17.6. The summed E-state index contributed by atoms with van der Waals surface area (Å²) >= 11 is 0. The predicted octanol–water partition coefficient (Wildman–Crippen LogP) is 3.13. The Kier molecular flexibility index (Phi) is 4.16. The van der Waals surface area contributed by atoms with Gasteiger partial charge in [0.1, 0.15) is 0 Å². The van der Waals surface area contributed by atoms with Crippen LogP contribution in [0.3, 0.4) is 0 Å². The van der Waals surface area contributed by atoms with E-state index in [1.165, 1.54) is 0 Å². The molecule has 1 saturated heterocycles. The fraction of sp³-hybridized carbons (Fsp3) is 0.556. The third-order valence-electron chi connectivity index (χ3n) is 5.30. The van der Waals surface area contributed by atoms with Gasteiger partial charge in [-0.15, -0.1) is 10.2 Å². The van der Waals surface area contributed by atoms with Crippen LogP contribution in [0.1, 0.15) is 60.4 Å². The van der Waals surface area contributed by atoms with Gasteiger partial charge in [0.05, 0.1) is 4.90 Å². The molecule has 6 nitrogen and oxygen atoms in total. The number of benzene rings is 1. The summed E-state index contributed by atoms with van der Waals surface area (Å²) in [5.74, 6) is 2.03. The first-order valence-electron chi connectivity index (χ1n) is 8.86. The molecule has 1 aliphatic carbocycles. The lowest BCUT2D eigenvalue weighted by atomic mass is 9.98. The first-order valence-corrected chi connectivity index (χ1v) is 10.3. The van der Waals surface area contributed by atoms with Gasteiger partial charge in [-0.3, -0.25) is 0 Å². The maximum absolute atomic E-state index is 12.9. The molecule has 25 heavy (non-hydrogen) atoms. The lowest BCUT2D eigenvalue weighted by Crippen LogP contribution is -2.38. The zero-order valence-corrected chi connectivity index (χ0v) is 15.4. The molecule has 7 heteroatoms. The Morgan fingerprint density at radius 1 is 0.960 bits per heavy atom. The molecule has 0 atom stereocenters. The van der Waals surface area contributed by atoms with E-state index in [-0.39, 0.29) is 5.92 Å². The number of nitrogens with zero attached hydrogens (tertiary/aromatic N) is 3. The van der Waals surface area contributed by atoms with Crippen molar-refractivity contribution in [2.24, 2.45) is 0 Å². The van der Waals surface area contributed by atoms with Crippen molar-refractivity contribution in [3.63, 3.8) is 0 Å². The average molecular weight is 361 g/mol. The van der Waals surface area contributed by atoms with E-state index in [0.717, 1.165) is 42.7 Å². The summed E-state index contributed by atoms with van der Waals surface area (Å²) in [6.07, 6.45) is 3.70. The number of aryl methyl sites for hydroxylation is 2. The van der Waals surface area contributed by atoms with Crippen LogP contribution in [0.25, 0.3) is 0 Å². The minimum atomic E-state index is -3.44. The second kappa shape index (κ2) is 6.21. The summed E-state index contributed by atoms with van der Waals surface area (Å²) in [5.41, 5.74) is 2.09. The van der Waals surface area contributed by atoms with Crippen LogP contribution in [0.15, 0.2) is 27.5 Å². The fourth-order valence-corrected chi connectivity index (χ4v) is 4.83. The minimum Gasteiger partial charge on any atom is -0.425 e. The molecule has 0 radical (unpaired) electrons. The van der Waals surface area contributed by atoms with Gasteiger partial charge < -0.3 is 4.42 Å². The van der Waals surface area contributed by atoms with E-state index in [2.05, 4.69) is 10.2 Å². The topological polar surface area (TPSA) is 76.3 Å². The number of hydrogen-bond acceptors (Lipinski definition) is 5. The summed E-state index contributed by atoms with van der Waals surface area (Å²) in [7, 11) is -3.44. The van der Waals surface area contributed by atoms with Gasteiger partial charge in [0.2, 0.25) is 21.8 Å². The van der Waals surface area contributed by atoms with Gasteiger partial charge in [0.25, 0.3) is 0 Å². The van der Waals surface area contributed by atoms with Crippen LogP contribution in [0, 0.1) is 13.8 Å². The normalized spacial score (nSPS) is 20.1. The van der Waals surface area contributed by atoms with Gasteiger partial charge in [0, 0.05) is 24.9 Å². The summed E-state index contributed by atoms with van der Waals surface area (Å²) in [4.78, 5) is 0.378. The van der Waals surface area contributed by atoms with Gasteiger partial charge in [0.15, 0.2) is 0 Å². The van der Waals surface area contributed by atoms with Crippen LogP contribution >= 0.6 is 0 Å². The van der Waals surface area contributed by atoms with E-state index in [1.54, 1.807) is 16.4 Å². The Hall–Kier alpha value is -1.73. The molecule has 0 unspecified atom stereocenters. The van der Waals surface area contributed by atoms with E-state index in [9.17, 15) is 8.42 Å². The Morgan fingerprint density at radius 2 is 1.56 bits per heavy atom. The second-order valence-corrected chi connectivity index (χ2v) is 9.12. The van der Waals surface area contributed by atoms with Gasteiger partial charge >= 0.3 is 0 Å². The van der Waals surface area contributed by atoms with Crippen LogP contribution in [-0.2, 0) is 10.0 Å². The van der Waals surface area contributed by atoms with Crippen molar-refractivity contribution in [3.05, 3.63) is 41.1 Å². The number of rotatable bonds is 4. The average Bonchev–Trinajstić information content (AvgIpc) is 3.34. The number of piperidine rings is 1. The lowest BCUT2D eigenvalue weighted by molar-refractivity contribution is 0.286. The molecule has 0 amide bonds. The smallest absolute Gasteiger partial charge is 0.243 e. The van der Waals surface area contributed by atoms with Crippen LogP contribution < -0.4 is 0 Å². The molecule has 134 valence electrons. The first kappa shape index (κ1) is 16.7. The van der Waals surface area contributed by atoms with Gasteiger partial charge in [-0.2, -0.15) is 4.31 Å². The van der Waals surface area contributed by atoms with Gasteiger partial charge in [-0.1, -0.05) is 6.07 Å². The second-order valence-electron chi connectivity index (χ2n) is 7.18. The first-order chi connectivity index (χ1) is 11.9. The highest BCUT2D eigenvalue weighted by Gasteiger charge is 2.34. The summed E-state index contributed by atoms with van der Waals surface area (Å²) in [6, 6.07) is 5.33.